The van der Waals surface area contributed by atoms with E-state index in [1.807, 2.05) is 0 Å². The second kappa shape index (κ2) is 5.89. The molecule has 0 saturated carbocycles. The van der Waals surface area contributed by atoms with Gasteiger partial charge < -0.3 is 9.84 Å². The summed E-state index contributed by atoms with van der Waals surface area (Å²) in [5.74, 6) is -1.89. The van der Waals surface area contributed by atoms with Crippen molar-refractivity contribution in [3.63, 3.8) is 0 Å². The van der Waals surface area contributed by atoms with Crippen LogP contribution in [-0.2, 0) is 4.79 Å². The number of aliphatic carboxylic acids is 1. The molecule has 0 fully saturated rings. The lowest BCUT2D eigenvalue weighted by Gasteiger charge is -2.09. The Morgan fingerprint density at radius 1 is 1.53 bits per heavy atom. The third-order valence-electron chi connectivity index (χ3n) is 2.15. The van der Waals surface area contributed by atoms with Crippen molar-refractivity contribution in [2.75, 3.05) is 0 Å². The molecular weight excluding hydrogens is 264 g/mol. The molecule has 1 N–H and O–H groups in total. The number of rotatable bonds is 5. The van der Waals surface area contributed by atoms with Crippen LogP contribution < -0.4 is 4.74 Å². The number of aryl methyl sites for hydroxylation is 1. The first-order valence-electron chi connectivity index (χ1n) is 4.96. The summed E-state index contributed by atoms with van der Waals surface area (Å²) in [6.45, 7) is -1.84. The third kappa shape index (κ3) is 3.73. The summed E-state index contributed by atoms with van der Waals surface area (Å²) in [7, 11) is 0. The molecule has 1 rings (SSSR count). The maximum absolute atomic E-state index is 12.2. The summed E-state index contributed by atoms with van der Waals surface area (Å²) >= 11 is 0. The van der Waals surface area contributed by atoms with Crippen molar-refractivity contribution in [2.24, 2.45) is 0 Å². The topological polar surface area (TPSA) is 89.7 Å². The molecule has 0 atom stereocenters. The van der Waals surface area contributed by atoms with Crippen LogP contribution in [0, 0.1) is 17.0 Å². The smallest absolute Gasteiger partial charge is 0.387 e. The van der Waals surface area contributed by atoms with Gasteiger partial charge in [0.2, 0.25) is 5.75 Å². The van der Waals surface area contributed by atoms with E-state index in [-0.39, 0.29) is 11.1 Å². The molecule has 19 heavy (non-hydrogen) atoms. The van der Waals surface area contributed by atoms with Crippen LogP contribution in [0.5, 0.6) is 5.75 Å². The molecule has 0 radical (unpaired) electrons. The number of alkyl halides is 2. The second-order valence-electron chi connectivity index (χ2n) is 3.46. The zero-order chi connectivity index (χ0) is 14.6. The molecule has 1 aromatic carbocycles. The van der Waals surface area contributed by atoms with Crippen LogP contribution >= 0.6 is 0 Å². The Morgan fingerprint density at radius 2 is 2.16 bits per heavy atom. The first-order chi connectivity index (χ1) is 8.82. The predicted molar refractivity (Wildman–Crippen MR) is 61.1 cm³/mol. The standard InChI is InChI=1S/C11H9F2NO5/c1-6-2-3-7(4-5-8(15)16)9(14(17)18)10(6)19-11(12)13/h2-5,11H,1H3,(H,15,16)/b5-4+. The number of halogens is 2. The van der Waals surface area contributed by atoms with Gasteiger partial charge in [0.05, 0.1) is 10.5 Å². The van der Waals surface area contributed by atoms with Crippen LogP contribution in [0.1, 0.15) is 11.1 Å². The first-order valence-corrected chi connectivity index (χ1v) is 4.96. The zero-order valence-corrected chi connectivity index (χ0v) is 9.67. The zero-order valence-electron chi connectivity index (χ0n) is 9.67. The number of nitro benzene ring substituents is 1. The molecular formula is C11H9F2NO5. The van der Waals surface area contributed by atoms with Crippen molar-refractivity contribution in [3.8, 4) is 5.75 Å². The van der Waals surface area contributed by atoms with Gasteiger partial charge in [0, 0.05) is 6.08 Å². The van der Waals surface area contributed by atoms with Crippen molar-refractivity contribution >= 4 is 17.7 Å². The number of nitrogens with zero attached hydrogens (tertiary/aromatic N) is 1. The molecule has 0 aromatic heterocycles. The first kappa shape index (κ1) is 14.6. The van der Waals surface area contributed by atoms with E-state index < -0.39 is 28.9 Å². The molecule has 6 nitrogen and oxygen atoms in total. The SMILES string of the molecule is Cc1ccc(/C=C/C(=O)O)c([N+](=O)[O-])c1OC(F)F. The van der Waals surface area contributed by atoms with Crippen LogP contribution in [0.4, 0.5) is 14.5 Å². The van der Waals surface area contributed by atoms with Gasteiger partial charge in [-0.3, -0.25) is 10.1 Å². The van der Waals surface area contributed by atoms with Gasteiger partial charge in [-0.05, 0) is 24.6 Å². The highest BCUT2D eigenvalue weighted by Gasteiger charge is 2.24. The number of benzene rings is 1. The number of hydrogen-bond acceptors (Lipinski definition) is 4. The number of hydrogen-bond donors (Lipinski definition) is 1. The van der Waals surface area contributed by atoms with E-state index in [1.165, 1.54) is 19.1 Å². The lowest BCUT2D eigenvalue weighted by atomic mass is 10.1. The lowest BCUT2D eigenvalue weighted by molar-refractivity contribution is -0.386. The maximum atomic E-state index is 12.2. The number of nitro groups is 1. The van der Waals surface area contributed by atoms with E-state index in [0.717, 1.165) is 6.08 Å². The van der Waals surface area contributed by atoms with Crippen LogP contribution in [0.25, 0.3) is 6.08 Å². The summed E-state index contributed by atoms with van der Waals surface area (Å²) < 4.78 is 28.6. The van der Waals surface area contributed by atoms with E-state index in [1.54, 1.807) is 0 Å². The molecule has 0 heterocycles. The molecule has 0 unspecified atom stereocenters. The molecule has 8 heteroatoms. The van der Waals surface area contributed by atoms with Crippen LogP contribution in [-0.4, -0.2) is 22.6 Å². The minimum atomic E-state index is -3.21. The summed E-state index contributed by atoms with van der Waals surface area (Å²) in [4.78, 5) is 20.4. The fourth-order valence-electron chi connectivity index (χ4n) is 1.41. The minimum Gasteiger partial charge on any atom is -0.478 e. The van der Waals surface area contributed by atoms with Crippen molar-refractivity contribution in [1.82, 2.24) is 0 Å². The minimum absolute atomic E-state index is 0.131. The highest BCUT2D eigenvalue weighted by molar-refractivity contribution is 5.86. The van der Waals surface area contributed by atoms with E-state index in [2.05, 4.69) is 4.74 Å². The highest BCUT2D eigenvalue weighted by Crippen LogP contribution is 2.36. The van der Waals surface area contributed by atoms with Crippen molar-refractivity contribution in [2.45, 2.75) is 13.5 Å². The Morgan fingerprint density at radius 3 is 2.63 bits per heavy atom. The summed E-state index contributed by atoms with van der Waals surface area (Å²) in [6, 6.07) is 2.58. The molecule has 0 saturated heterocycles. The number of carboxylic acids is 1. The summed E-state index contributed by atoms with van der Waals surface area (Å²) in [5, 5.41) is 19.4. The van der Waals surface area contributed by atoms with E-state index in [0.29, 0.717) is 6.08 Å². The Bertz CT molecular complexity index is 542. The van der Waals surface area contributed by atoms with Gasteiger partial charge in [0.1, 0.15) is 0 Å². The molecule has 0 aliphatic heterocycles. The molecule has 0 aliphatic rings. The van der Waals surface area contributed by atoms with Crippen LogP contribution in [0.3, 0.4) is 0 Å². The summed E-state index contributed by atoms with van der Waals surface area (Å²) in [6.07, 6.45) is 1.61. The quantitative estimate of drug-likeness (QED) is 0.506. The van der Waals surface area contributed by atoms with Crippen molar-refractivity contribution in [1.29, 1.82) is 0 Å². The van der Waals surface area contributed by atoms with Gasteiger partial charge in [-0.15, -0.1) is 0 Å². The second-order valence-corrected chi connectivity index (χ2v) is 3.46. The van der Waals surface area contributed by atoms with Crippen LogP contribution in [0.15, 0.2) is 18.2 Å². The average Bonchev–Trinajstić information content (AvgIpc) is 2.28. The van der Waals surface area contributed by atoms with E-state index in [4.69, 9.17) is 5.11 Å². The molecule has 0 spiro atoms. The van der Waals surface area contributed by atoms with Crippen molar-refractivity contribution < 1.29 is 28.3 Å². The van der Waals surface area contributed by atoms with Gasteiger partial charge in [-0.2, -0.15) is 8.78 Å². The van der Waals surface area contributed by atoms with Crippen molar-refractivity contribution in [3.05, 3.63) is 39.4 Å². The van der Waals surface area contributed by atoms with Gasteiger partial charge >= 0.3 is 18.3 Å². The molecule has 0 bridgehead atoms. The molecule has 102 valence electrons. The average molecular weight is 273 g/mol. The highest BCUT2D eigenvalue weighted by atomic mass is 19.3. The van der Waals surface area contributed by atoms with Gasteiger partial charge in [0.15, 0.2) is 0 Å². The molecule has 0 amide bonds. The Balaban J connectivity index is 3.40. The van der Waals surface area contributed by atoms with Gasteiger partial charge in [-0.1, -0.05) is 6.07 Å². The Kier molecular flexibility index (Phi) is 4.51. The predicted octanol–water partition coefficient (Wildman–Crippen LogP) is 2.60. The molecule has 0 aliphatic carbocycles. The monoisotopic (exact) mass is 273 g/mol. The number of carbonyl (C=O) groups is 1. The molecule has 1 aromatic rings. The van der Waals surface area contributed by atoms with Gasteiger partial charge in [0.25, 0.3) is 0 Å². The third-order valence-corrected chi connectivity index (χ3v) is 2.15. The maximum Gasteiger partial charge on any atom is 0.387 e. The Labute approximate surface area is 106 Å². The summed E-state index contributed by atoms with van der Waals surface area (Å²) in [5.41, 5.74) is -0.675. The number of carboxylic acid groups (broad SMARTS) is 1. The van der Waals surface area contributed by atoms with Crippen LogP contribution in [0.2, 0.25) is 0 Å². The van der Waals surface area contributed by atoms with E-state index >= 15 is 0 Å². The lowest BCUT2D eigenvalue weighted by Crippen LogP contribution is -2.07. The largest absolute Gasteiger partial charge is 0.478 e. The van der Waals surface area contributed by atoms with E-state index in [9.17, 15) is 23.7 Å². The van der Waals surface area contributed by atoms with Gasteiger partial charge in [-0.25, -0.2) is 4.79 Å². The normalized spacial score (nSPS) is 10.9. The fraction of sp³-hybridized carbons (Fsp3) is 0.182. The Hall–Kier alpha value is -2.51. The fourth-order valence-corrected chi connectivity index (χ4v) is 1.41. The number of ether oxygens (including phenoxy) is 1.